The summed E-state index contributed by atoms with van der Waals surface area (Å²) in [5.41, 5.74) is 0. The summed E-state index contributed by atoms with van der Waals surface area (Å²) in [5.74, 6) is 0. The van der Waals surface area contributed by atoms with Gasteiger partial charge in [0.2, 0.25) is 0 Å². The Balaban J connectivity index is 3.10. The maximum Gasteiger partial charge on any atom is 0.199 e. The lowest BCUT2D eigenvalue weighted by Gasteiger charge is -2.46. The molecule has 0 spiro atoms. The molecule has 7 heteroatoms. The van der Waals surface area contributed by atoms with Crippen LogP contribution in [0.1, 0.15) is 55.4 Å². The predicted octanol–water partition coefficient (Wildman–Crippen LogP) is 3.84. The molecule has 5 atom stereocenters. The van der Waals surface area contributed by atoms with E-state index in [-0.39, 0.29) is 42.7 Å². The second-order valence-electron chi connectivity index (χ2n) is 7.46. The molecule has 0 aliphatic carbocycles. The van der Waals surface area contributed by atoms with Gasteiger partial charge in [0.05, 0.1) is 31.0 Å². The van der Waals surface area contributed by atoms with Crippen molar-refractivity contribution in [2.45, 2.75) is 111 Å². The van der Waals surface area contributed by atoms with E-state index in [1.54, 1.807) is 0 Å². The van der Waals surface area contributed by atoms with Crippen molar-refractivity contribution in [1.82, 2.24) is 0 Å². The Morgan fingerprint density at radius 3 is 1.64 bits per heavy atom. The quantitative estimate of drug-likeness (QED) is 0.528. The molecule has 0 aromatic heterocycles. The SMILES string of the molecule is CC(C)OC[C@H]1O[C@@H](OBr)[C@H](OC(C)C)[C@@H](OC(C)C)[C@@H]1OC(C)C. The summed E-state index contributed by atoms with van der Waals surface area (Å²) < 4.78 is 35.7. The average Bonchev–Trinajstić information content (AvgIpc) is 2.48. The van der Waals surface area contributed by atoms with Gasteiger partial charge in [-0.25, -0.2) is 0 Å². The number of rotatable bonds is 10. The molecule has 0 saturated carbocycles. The second-order valence-corrected chi connectivity index (χ2v) is 7.84. The maximum absolute atomic E-state index is 6.20. The van der Waals surface area contributed by atoms with Gasteiger partial charge in [-0.15, -0.1) is 0 Å². The Labute approximate surface area is 161 Å². The minimum Gasteiger partial charge on any atom is -0.376 e. The van der Waals surface area contributed by atoms with Crippen molar-refractivity contribution in [2.24, 2.45) is 0 Å². The van der Waals surface area contributed by atoms with Crippen molar-refractivity contribution in [3.05, 3.63) is 0 Å². The summed E-state index contributed by atoms with van der Waals surface area (Å²) in [6, 6.07) is 0. The molecule has 1 rings (SSSR count). The fourth-order valence-electron chi connectivity index (χ4n) is 2.78. The van der Waals surface area contributed by atoms with E-state index in [9.17, 15) is 0 Å². The van der Waals surface area contributed by atoms with E-state index in [1.165, 1.54) is 0 Å². The molecule has 1 saturated heterocycles. The highest BCUT2D eigenvalue weighted by Gasteiger charge is 2.50. The van der Waals surface area contributed by atoms with E-state index >= 15 is 0 Å². The first-order valence-corrected chi connectivity index (χ1v) is 9.81. The first kappa shape index (κ1) is 23.3. The molecule has 6 nitrogen and oxygen atoms in total. The summed E-state index contributed by atoms with van der Waals surface area (Å²) >= 11 is 3.07. The van der Waals surface area contributed by atoms with Gasteiger partial charge in [-0.3, -0.25) is 3.83 Å². The lowest BCUT2D eigenvalue weighted by atomic mass is 9.97. The van der Waals surface area contributed by atoms with Gasteiger partial charge in [-0.1, -0.05) is 0 Å². The summed E-state index contributed by atoms with van der Waals surface area (Å²) in [7, 11) is 0. The van der Waals surface area contributed by atoms with E-state index in [0.717, 1.165) is 0 Å². The molecule has 25 heavy (non-hydrogen) atoms. The lowest BCUT2D eigenvalue weighted by molar-refractivity contribution is -0.314. The van der Waals surface area contributed by atoms with Crippen molar-refractivity contribution in [3.8, 4) is 0 Å². The standard InChI is InChI=1S/C18H35BrO6/c1-10(2)20-9-14-15(21-11(3)4)16(22-12(5)6)17(23-13(7)8)18(24-14)25-19/h10-18H,9H2,1-8H3/t14-,15-,16+,17-,18+/m1/s1. The molecule has 0 bridgehead atoms. The third-order valence-electron chi connectivity index (χ3n) is 3.56. The molecule has 0 amide bonds. The summed E-state index contributed by atoms with van der Waals surface area (Å²) in [6.45, 7) is 16.3. The van der Waals surface area contributed by atoms with Gasteiger partial charge < -0.3 is 23.7 Å². The van der Waals surface area contributed by atoms with Gasteiger partial charge >= 0.3 is 0 Å². The summed E-state index contributed by atoms with van der Waals surface area (Å²) in [4.78, 5) is 0. The zero-order chi connectivity index (χ0) is 19.1. The van der Waals surface area contributed by atoms with Gasteiger partial charge in [-0.2, -0.15) is 0 Å². The van der Waals surface area contributed by atoms with Crippen molar-refractivity contribution >= 4 is 16.3 Å². The zero-order valence-electron chi connectivity index (χ0n) is 16.7. The summed E-state index contributed by atoms with van der Waals surface area (Å²) in [6.07, 6.45) is -1.86. The first-order valence-electron chi connectivity index (χ1n) is 9.16. The third kappa shape index (κ3) is 7.79. The highest BCUT2D eigenvalue weighted by Crippen LogP contribution is 2.32. The molecule has 150 valence electrons. The smallest absolute Gasteiger partial charge is 0.199 e. The van der Waals surface area contributed by atoms with Crippen LogP contribution in [0.3, 0.4) is 0 Å². The third-order valence-corrected chi connectivity index (χ3v) is 3.93. The molecular formula is C18H35BrO6. The molecule has 1 aliphatic heterocycles. The van der Waals surface area contributed by atoms with E-state index in [0.29, 0.717) is 6.61 Å². The first-order chi connectivity index (χ1) is 11.6. The summed E-state index contributed by atoms with van der Waals surface area (Å²) in [5, 5.41) is 0. The molecule has 0 radical (unpaired) electrons. The molecule has 0 N–H and O–H groups in total. The van der Waals surface area contributed by atoms with Gasteiger partial charge in [0.15, 0.2) is 6.29 Å². The second kappa shape index (κ2) is 11.2. The van der Waals surface area contributed by atoms with Crippen molar-refractivity contribution in [3.63, 3.8) is 0 Å². The van der Waals surface area contributed by atoms with E-state index in [2.05, 4.69) is 16.3 Å². The van der Waals surface area contributed by atoms with Gasteiger partial charge in [0, 0.05) is 0 Å². The van der Waals surface area contributed by atoms with Crippen LogP contribution in [-0.4, -0.2) is 61.7 Å². The molecular weight excluding hydrogens is 392 g/mol. The maximum atomic E-state index is 6.20. The molecule has 1 fully saturated rings. The lowest BCUT2D eigenvalue weighted by Crippen LogP contribution is -2.62. The molecule has 0 aromatic rings. The van der Waals surface area contributed by atoms with Crippen molar-refractivity contribution < 1.29 is 27.5 Å². The zero-order valence-corrected chi connectivity index (χ0v) is 18.3. The van der Waals surface area contributed by atoms with Gasteiger partial charge in [0.25, 0.3) is 0 Å². The Kier molecular flexibility index (Phi) is 10.4. The monoisotopic (exact) mass is 426 g/mol. The van der Waals surface area contributed by atoms with Crippen LogP contribution < -0.4 is 0 Å². The van der Waals surface area contributed by atoms with Crippen LogP contribution in [0.5, 0.6) is 0 Å². The minimum atomic E-state index is -0.612. The Morgan fingerprint density at radius 2 is 1.20 bits per heavy atom. The highest BCUT2D eigenvalue weighted by atomic mass is 79.9. The number of halogens is 1. The fourth-order valence-corrected chi connectivity index (χ4v) is 3.08. The van der Waals surface area contributed by atoms with E-state index < -0.39 is 12.4 Å². The molecule has 1 aliphatic rings. The fraction of sp³-hybridized carbons (Fsp3) is 1.00. The van der Waals surface area contributed by atoms with Crippen molar-refractivity contribution in [2.75, 3.05) is 6.61 Å². The van der Waals surface area contributed by atoms with Crippen LogP contribution in [0.15, 0.2) is 0 Å². The van der Waals surface area contributed by atoms with Gasteiger partial charge in [0.1, 0.15) is 40.7 Å². The molecule has 0 unspecified atom stereocenters. The number of hydrogen-bond acceptors (Lipinski definition) is 6. The highest BCUT2D eigenvalue weighted by molar-refractivity contribution is 9.06. The Hall–Kier alpha value is 0.240. The average molecular weight is 427 g/mol. The van der Waals surface area contributed by atoms with E-state index in [1.807, 2.05) is 55.4 Å². The molecule has 1 heterocycles. The topological polar surface area (TPSA) is 55.4 Å². The van der Waals surface area contributed by atoms with Crippen LogP contribution in [-0.2, 0) is 27.5 Å². The van der Waals surface area contributed by atoms with Crippen LogP contribution in [0.25, 0.3) is 0 Å². The van der Waals surface area contributed by atoms with Crippen LogP contribution in [0.4, 0.5) is 0 Å². The normalized spacial score (nSPS) is 30.8. The Bertz CT molecular complexity index is 363. The number of hydrogen-bond donors (Lipinski definition) is 0. The minimum absolute atomic E-state index is 0.000163. The van der Waals surface area contributed by atoms with Gasteiger partial charge in [-0.05, 0) is 55.4 Å². The number of ether oxygens (including phenoxy) is 5. The van der Waals surface area contributed by atoms with E-state index in [4.69, 9.17) is 27.5 Å². The van der Waals surface area contributed by atoms with Crippen molar-refractivity contribution in [1.29, 1.82) is 0 Å². The predicted molar refractivity (Wildman–Crippen MR) is 99.8 cm³/mol. The van der Waals surface area contributed by atoms with Crippen LogP contribution in [0, 0.1) is 0 Å². The van der Waals surface area contributed by atoms with Crippen LogP contribution in [0.2, 0.25) is 0 Å². The Morgan fingerprint density at radius 1 is 0.720 bits per heavy atom. The van der Waals surface area contributed by atoms with Crippen LogP contribution >= 0.6 is 16.3 Å². The molecule has 0 aromatic carbocycles. The largest absolute Gasteiger partial charge is 0.376 e.